The zero-order valence-electron chi connectivity index (χ0n) is 11.6. The second kappa shape index (κ2) is 6.88. The number of aromatic carboxylic acids is 1. The summed E-state index contributed by atoms with van der Waals surface area (Å²) in [5, 5.41) is 14.4. The zero-order valence-corrected chi connectivity index (χ0v) is 11.6. The number of carboxylic acids is 1. The highest BCUT2D eigenvalue weighted by Gasteiger charge is 2.28. The van der Waals surface area contributed by atoms with E-state index in [1.54, 1.807) is 18.2 Å². The van der Waals surface area contributed by atoms with Gasteiger partial charge in [0.1, 0.15) is 0 Å². The molecule has 0 radical (unpaired) electrons. The van der Waals surface area contributed by atoms with Gasteiger partial charge in [-0.3, -0.25) is 9.59 Å². The minimum Gasteiger partial charge on any atom is -0.478 e. The van der Waals surface area contributed by atoms with E-state index in [0.717, 1.165) is 12.8 Å². The highest BCUT2D eigenvalue weighted by atomic mass is 16.4. The molecule has 0 aliphatic heterocycles. The van der Waals surface area contributed by atoms with Crippen LogP contribution in [0.5, 0.6) is 0 Å². The first kappa shape index (κ1) is 15.0. The van der Waals surface area contributed by atoms with Gasteiger partial charge >= 0.3 is 5.97 Å². The topological polar surface area (TPSA) is 95.5 Å². The van der Waals surface area contributed by atoms with E-state index in [1.807, 2.05) is 0 Å². The van der Waals surface area contributed by atoms with Crippen LogP contribution in [-0.4, -0.2) is 36.0 Å². The Balaban J connectivity index is 1.74. The summed E-state index contributed by atoms with van der Waals surface area (Å²) in [5.41, 5.74) is 0.610. The molecule has 1 aromatic carbocycles. The number of rotatable bonds is 7. The molecule has 0 saturated heterocycles. The van der Waals surface area contributed by atoms with Crippen molar-refractivity contribution in [2.24, 2.45) is 5.92 Å². The normalized spacial score (nSPS) is 13.5. The van der Waals surface area contributed by atoms with Gasteiger partial charge in [-0.15, -0.1) is 0 Å². The Hall–Kier alpha value is -2.37. The maximum absolute atomic E-state index is 11.8. The number of carbonyl (C=O) groups is 3. The molecule has 6 nitrogen and oxygen atoms in total. The predicted octanol–water partition coefficient (Wildman–Crippen LogP) is 0.570. The minimum absolute atomic E-state index is 0.0129. The van der Waals surface area contributed by atoms with Gasteiger partial charge in [-0.2, -0.15) is 0 Å². The molecule has 1 aliphatic carbocycles. The molecule has 6 heteroatoms. The maximum atomic E-state index is 11.8. The van der Waals surface area contributed by atoms with E-state index in [1.165, 1.54) is 6.07 Å². The van der Waals surface area contributed by atoms with Gasteiger partial charge in [0.2, 0.25) is 11.8 Å². The lowest BCUT2D eigenvalue weighted by Crippen LogP contribution is -2.36. The summed E-state index contributed by atoms with van der Waals surface area (Å²) in [6, 6.07) is 6.42. The number of hydrogen-bond donors (Lipinski definition) is 3. The molecule has 3 N–H and O–H groups in total. The van der Waals surface area contributed by atoms with E-state index < -0.39 is 5.97 Å². The van der Waals surface area contributed by atoms with Gasteiger partial charge < -0.3 is 15.7 Å². The number of nitrogens with one attached hydrogen (secondary N) is 2. The second-order valence-electron chi connectivity index (χ2n) is 5.05. The number of benzene rings is 1. The summed E-state index contributed by atoms with van der Waals surface area (Å²) in [5.74, 6) is -1.11. The van der Waals surface area contributed by atoms with E-state index >= 15 is 0 Å². The molecule has 0 heterocycles. The largest absolute Gasteiger partial charge is 0.478 e. The van der Waals surface area contributed by atoms with Gasteiger partial charge in [-0.1, -0.05) is 18.2 Å². The number of hydrogen-bond acceptors (Lipinski definition) is 3. The number of amides is 2. The van der Waals surface area contributed by atoms with E-state index in [9.17, 15) is 14.4 Å². The molecule has 1 saturated carbocycles. The first-order valence-electron chi connectivity index (χ1n) is 6.93. The van der Waals surface area contributed by atoms with Gasteiger partial charge in [-0.05, 0) is 24.5 Å². The van der Waals surface area contributed by atoms with Gasteiger partial charge in [0.25, 0.3) is 0 Å². The molecule has 0 aromatic heterocycles. The lowest BCUT2D eigenvalue weighted by molar-refractivity contribution is -0.123. The van der Waals surface area contributed by atoms with Crippen molar-refractivity contribution in [3.8, 4) is 0 Å². The number of carbonyl (C=O) groups excluding carboxylic acids is 2. The fraction of sp³-hybridized carbons (Fsp3) is 0.400. The third kappa shape index (κ3) is 4.59. The van der Waals surface area contributed by atoms with Gasteiger partial charge in [0.15, 0.2) is 0 Å². The third-order valence-electron chi connectivity index (χ3n) is 3.29. The van der Waals surface area contributed by atoms with Gasteiger partial charge in [0, 0.05) is 19.0 Å². The smallest absolute Gasteiger partial charge is 0.335 e. The average molecular weight is 290 g/mol. The van der Waals surface area contributed by atoms with E-state index in [4.69, 9.17) is 5.11 Å². The Morgan fingerprint density at radius 2 is 1.76 bits per heavy atom. The highest BCUT2D eigenvalue weighted by Crippen LogP contribution is 2.28. The van der Waals surface area contributed by atoms with Crippen LogP contribution in [0.4, 0.5) is 0 Å². The molecule has 112 valence electrons. The fourth-order valence-electron chi connectivity index (χ4n) is 2.00. The van der Waals surface area contributed by atoms with Crippen LogP contribution in [0.15, 0.2) is 24.3 Å². The highest BCUT2D eigenvalue weighted by molar-refractivity contribution is 5.91. The van der Waals surface area contributed by atoms with Crippen LogP contribution in [0.2, 0.25) is 0 Å². The summed E-state index contributed by atoms with van der Waals surface area (Å²) in [7, 11) is 0. The van der Waals surface area contributed by atoms with Crippen molar-refractivity contribution in [3.05, 3.63) is 35.4 Å². The Morgan fingerprint density at radius 3 is 2.43 bits per heavy atom. The first-order valence-corrected chi connectivity index (χ1v) is 6.93. The summed E-state index contributed by atoms with van der Waals surface area (Å²) < 4.78 is 0. The van der Waals surface area contributed by atoms with Crippen molar-refractivity contribution in [3.63, 3.8) is 0 Å². The molecule has 1 fully saturated rings. The molecule has 2 amide bonds. The third-order valence-corrected chi connectivity index (χ3v) is 3.29. The molecule has 2 rings (SSSR count). The molecule has 0 atom stereocenters. The van der Waals surface area contributed by atoms with Crippen LogP contribution in [0.25, 0.3) is 0 Å². The first-order chi connectivity index (χ1) is 10.1. The van der Waals surface area contributed by atoms with Crippen molar-refractivity contribution < 1.29 is 19.5 Å². The number of carboxylic acid groups (broad SMARTS) is 1. The Morgan fingerprint density at radius 1 is 1.10 bits per heavy atom. The molecule has 1 aliphatic rings. The lowest BCUT2D eigenvalue weighted by atomic mass is 10.0. The second-order valence-corrected chi connectivity index (χ2v) is 5.05. The van der Waals surface area contributed by atoms with Crippen molar-refractivity contribution in [2.45, 2.75) is 19.3 Å². The van der Waals surface area contributed by atoms with Crippen LogP contribution in [-0.2, 0) is 16.0 Å². The van der Waals surface area contributed by atoms with Crippen molar-refractivity contribution >= 4 is 17.8 Å². The zero-order chi connectivity index (χ0) is 15.2. The minimum atomic E-state index is -1.05. The monoisotopic (exact) mass is 290 g/mol. The lowest BCUT2D eigenvalue weighted by Gasteiger charge is -2.08. The molecule has 21 heavy (non-hydrogen) atoms. The quantitative estimate of drug-likeness (QED) is 0.640. The van der Waals surface area contributed by atoms with Crippen LogP contribution >= 0.6 is 0 Å². The molecule has 0 unspecified atom stereocenters. The van der Waals surface area contributed by atoms with Crippen LogP contribution in [0.1, 0.15) is 28.8 Å². The maximum Gasteiger partial charge on any atom is 0.335 e. The van der Waals surface area contributed by atoms with Crippen molar-refractivity contribution in [2.75, 3.05) is 13.1 Å². The standard InChI is InChI=1S/C15H18N2O4/c18-13(16-7-8-17-14(19)10-5-6-10)9-11-3-1-2-4-12(11)15(20)21/h1-4,10H,5-9H2,(H,16,18)(H,17,19)(H,20,21). The predicted molar refractivity (Wildman–Crippen MR) is 75.8 cm³/mol. The molecule has 0 bridgehead atoms. The van der Waals surface area contributed by atoms with Gasteiger partial charge in [-0.25, -0.2) is 4.79 Å². The van der Waals surface area contributed by atoms with E-state index in [-0.39, 0.29) is 29.7 Å². The Labute approximate surface area is 122 Å². The summed E-state index contributed by atoms with van der Waals surface area (Å²) >= 11 is 0. The van der Waals surface area contributed by atoms with Crippen molar-refractivity contribution in [1.29, 1.82) is 0 Å². The van der Waals surface area contributed by atoms with E-state index in [2.05, 4.69) is 10.6 Å². The molecule has 0 spiro atoms. The molecular formula is C15H18N2O4. The molecular weight excluding hydrogens is 272 g/mol. The summed E-state index contributed by atoms with van der Waals surface area (Å²) in [6.07, 6.45) is 1.91. The van der Waals surface area contributed by atoms with Crippen LogP contribution in [0, 0.1) is 5.92 Å². The van der Waals surface area contributed by atoms with Crippen molar-refractivity contribution in [1.82, 2.24) is 10.6 Å². The van der Waals surface area contributed by atoms with Crippen LogP contribution in [0.3, 0.4) is 0 Å². The summed E-state index contributed by atoms with van der Waals surface area (Å²) in [6.45, 7) is 0.730. The Bertz CT molecular complexity index is 552. The molecule has 1 aromatic rings. The van der Waals surface area contributed by atoms with E-state index in [0.29, 0.717) is 18.7 Å². The summed E-state index contributed by atoms with van der Waals surface area (Å²) in [4.78, 5) is 34.2. The SMILES string of the molecule is O=C(Cc1ccccc1C(=O)O)NCCNC(=O)C1CC1. The van der Waals surface area contributed by atoms with Crippen LogP contribution < -0.4 is 10.6 Å². The average Bonchev–Trinajstić information content (AvgIpc) is 3.28. The Kier molecular flexibility index (Phi) is 4.92. The fourth-order valence-corrected chi connectivity index (χ4v) is 2.00. The van der Waals surface area contributed by atoms with Gasteiger partial charge in [0.05, 0.1) is 12.0 Å².